The molecule has 0 spiro atoms. The Morgan fingerprint density at radius 1 is 1.29 bits per heavy atom. The molecule has 1 aromatic carbocycles. The average molecular weight is 309 g/mol. The lowest BCUT2D eigenvalue weighted by Gasteiger charge is -2.34. The quantitative estimate of drug-likeness (QED) is 0.702. The summed E-state index contributed by atoms with van der Waals surface area (Å²) in [6, 6.07) is 7.63. The van der Waals surface area contributed by atoms with E-state index in [-0.39, 0.29) is 5.82 Å². The van der Waals surface area contributed by atoms with Crippen molar-refractivity contribution in [3.8, 4) is 0 Å². The maximum atomic E-state index is 13.7. The molecule has 1 aliphatic carbocycles. The van der Waals surface area contributed by atoms with E-state index in [1.54, 1.807) is 23.9 Å². The first-order valence-corrected chi connectivity index (χ1v) is 9.33. The zero-order valence-corrected chi connectivity index (χ0v) is 14.1. The fourth-order valence-corrected chi connectivity index (χ4v) is 4.56. The molecule has 1 N–H and O–H groups in total. The summed E-state index contributed by atoms with van der Waals surface area (Å²) in [4.78, 5) is 0.781. The Morgan fingerprint density at radius 3 is 2.81 bits per heavy atom. The molecular weight excluding hydrogens is 281 g/mol. The Labute approximate surface area is 133 Å². The minimum absolute atomic E-state index is 0.0900. The van der Waals surface area contributed by atoms with E-state index < -0.39 is 0 Å². The molecule has 3 heteroatoms. The number of hydrogen-bond donors (Lipinski definition) is 1. The van der Waals surface area contributed by atoms with E-state index in [4.69, 9.17) is 0 Å². The summed E-state index contributed by atoms with van der Waals surface area (Å²) < 4.78 is 13.7. The molecule has 0 aromatic heterocycles. The van der Waals surface area contributed by atoms with Gasteiger partial charge in [-0.1, -0.05) is 45.2 Å². The molecule has 1 aliphatic rings. The lowest BCUT2D eigenvalue weighted by atomic mass is 9.77. The molecular formula is C18H28FNS. The highest BCUT2D eigenvalue weighted by atomic mass is 32.2. The van der Waals surface area contributed by atoms with Crippen molar-refractivity contribution >= 4 is 11.8 Å². The van der Waals surface area contributed by atoms with Crippen molar-refractivity contribution < 1.29 is 4.39 Å². The number of rotatable bonds is 7. The normalized spacial score (nSPS) is 24.0. The van der Waals surface area contributed by atoms with E-state index in [1.165, 1.54) is 32.1 Å². The molecule has 1 aromatic rings. The Balaban J connectivity index is 1.94. The van der Waals surface area contributed by atoms with E-state index in [0.29, 0.717) is 6.04 Å². The van der Waals surface area contributed by atoms with Crippen LogP contribution in [0.25, 0.3) is 0 Å². The topological polar surface area (TPSA) is 12.0 Å². The van der Waals surface area contributed by atoms with Gasteiger partial charge in [0.05, 0.1) is 0 Å². The van der Waals surface area contributed by atoms with Crippen molar-refractivity contribution in [2.75, 3.05) is 12.3 Å². The van der Waals surface area contributed by atoms with Gasteiger partial charge in [0, 0.05) is 16.7 Å². The van der Waals surface area contributed by atoms with Gasteiger partial charge in [-0.15, -0.1) is 11.8 Å². The van der Waals surface area contributed by atoms with Crippen LogP contribution in [0.2, 0.25) is 0 Å². The van der Waals surface area contributed by atoms with Crippen LogP contribution in [0, 0.1) is 17.7 Å². The minimum atomic E-state index is -0.0900. The second-order valence-corrected chi connectivity index (χ2v) is 7.17. The maximum absolute atomic E-state index is 13.7. The Hall–Kier alpha value is -0.540. The molecule has 3 atom stereocenters. The van der Waals surface area contributed by atoms with Crippen LogP contribution in [-0.2, 0) is 0 Å². The Bertz CT molecular complexity index is 423. The zero-order chi connectivity index (χ0) is 15.1. The van der Waals surface area contributed by atoms with Crippen LogP contribution in [-0.4, -0.2) is 18.3 Å². The van der Waals surface area contributed by atoms with E-state index in [9.17, 15) is 4.39 Å². The van der Waals surface area contributed by atoms with E-state index in [2.05, 4.69) is 19.2 Å². The second-order valence-electron chi connectivity index (χ2n) is 6.11. The van der Waals surface area contributed by atoms with Gasteiger partial charge in [0.15, 0.2) is 0 Å². The van der Waals surface area contributed by atoms with Crippen molar-refractivity contribution in [1.82, 2.24) is 5.32 Å². The zero-order valence-electron chi connectivity index (χ0n) is 13.3. The van der Waals surface area contributed by atoms with Gasteiger partial charge in [0.25, 0.3) is 0 Å². The van der Waals surface area contributed by atoms with Gasteiger partial charge in [0.1, 0.15) is 5.82 Å². The Morgan fingerprint density at radius 2 is 2.10 bits per heavy atom. The largest absolute Gasteiger partial charge is 0.313 e. The number of nitrogens with one attached hydrogen (secondary N) is 1. The first-order valence-electron chi connectivity index (χ1n) is 8.35. The first-order chi connectivity index (χ1) is 10.2. The second kappa shape index (κ2) is 8.79. The number of hydrogen-bond acceptors (Lipinski definition) is 2. The molecule has 1 nitrogen and oxygen atoms in total. The Kier molecular flexibility index (Phi) is 7.05. The summed E-state index contributed by atoms with van der Waals surface area (Å²) in [5, 5.41) is 3.64. The summed E-state index contributed by atoms with van der Waals surface area (Å²) >= 11 is 1.66. The van der Waals surface area contributed by atoms with Gasteiger partial charge in [-0.3, -0.25) is 0 Å². The van der Waals surface area contributed by atoms with Gasteiger partial charge >= 0.3 is 0 Å². The molecule has 118 valence electrons. The molecule has 1 saturated carbocycles. The summed E-state index contributed by atoms with van der Waals surface area (Å²) in [5.74, 6) is 2.52. The lowest BCUT2D eigenvalue weighted by molar-refractivity contribution is 0.220. The van der Waals surface area contributed by atoms with E-state index in [0.717, 1.165) is 29.0 Å². The molecule has 21 heavy (non-hydrogen) atoms. The van der Waals surface area contributed by atoms with Crippen molar-refractivity contribution in [3.05, 3.63) is 30.1 Å². The standard InChI is InChI=1S/C18H28FNS/c1-3-14-8-7-9-15(12-14)17(20-4-2)13-21-18-11-6-5-10-16(18)19/h5-6,10-11,14-15,17,20H,3-4,7-9,12-13H2,1-2H3. The van der Waals surface area contributed by atoms with Crippen LogP contribution in [0.15, 0.2) is 29.2 Å². The predicted octanol–water partition coefficient (Wildman–Crippen LogP) is 5.11. The molecule has 3 unspecified atom stereocenters. The summed E-state index contributed by atoms with van der Waals surface area (Å²) in [6.45, 7) is 5.47. The maximum Gasteiger partial charge on any atom is 0.136 e. The fraction of sp³-hybridized carbons (Fsp3) is 0.667. The molecule has 0 radical (unpaired) electrons. The summed E-state index contributed by atoms with van der Waals surface area (Å²) in [6.07, 6.45) is 6.72. The van der Waals surface area contributed by atoms with Gasteiger partial charge in [-0.2, -0.15) is 0 Å². The van der Waals surface area contributed by atoms with E-state index >= 15 is 0 Å². The summed E-state index contributed by atoms with van der Waals surface area (Å²) in [5.41, 5.74) is 0. The van der Waals surface area contributed by atoms with E-state index in [1.807, 2.05) is 12.1 Å². The first kappa shape index (κ1) is 16.8. The van der Waals surface area contributed by atoms with Crippen LogP contribution in [0.4, 0.5) is 4.39 Å². The molecule has 0 amide bonds. The van der Waals surface area contributed by atoms with Crippen molar-refractivity contribution in [1.29, 1.82) is 0 Å². The highest BCUT2D eigenvalue weighted by molar-refractivity contribution is 7.99. The third-order valence-corrected chi connectivity index (χ3v) is 5.86. The molecule has 0 bridgehead atoms. The van der Waals surface area contributed by atoms with Crippen LogP contribution >= 0.6 is 11.8 Å². The number of thioether (sulfide) groups is 1. The molecule has 0 saturated heterocycles. The number of halogens is 1. The third-order valence-electron chi connectivity index (χ3n) is 4.69. The molecule has 0 aliphatic heterocycles. The highest BCUT2D eigenvalue weighted by Gasteiger charge is 2.27. The molecule has 0 heterocycles. The fourth-order valence-electron chi connectivity index (χ4n) is 3.43. The van der Waals surface area contributed by atoms with Crippen LogP contribution in [0.3, 0.4) is 0 Å². The minimum Gasteiger partial charge on any atom is -0.313 e. The monoisotopic (exact) mass is 309 g/mol. The summed E-state index contributed by atoms with van der Waals surface area (Å²) in [7, 11) is 0. The van der Waals surface area contributed by atoms with Crippen LogP contribution < -0.4 is 5.32 Å². The SMILES string of the molecule is CCNC(CSc1ccccc1F)C1CCCC(CC)C1. The third kappa shape index (κ3) is 5.00. The van der Waals surface area contributed by atoms with Crippen molar-refractivity contribution in [3.63, 3.8) is 0 Å². The van der Waals surface area contributed by atoms with Crippen LogP contribution in [0.5, 0.6) is 0 Å². The highest BCUT2D eigenvalue weighted by Crippen LogP contribution is 2.34. The van der Waals surface area contributed by atoms with Gasteiger partial charge < -0.3 is 5.32 Å². The van der Waals surface area contributed by atoms with Gasteiger partial charge in [0.2, 0.25) is 0 Å². The predicted molar refractivity (Wildman–Crippen MR) is 90.3 cm³/mol. The lowest BCUT2D eigenvalue weighted by Crippen LogP contribution is -2.40. The van der Waals surface area contributed by atoms with Gasteiger partial charge in [-0.05, 0) is 43.4 Å². The van der Waals surface area contributed by atoms with Crippen molar-refractivity contribution in [2.24, 2.45) is 11.8 Å². The molecule has 1 fully saturated rings. The molecule has 2 rings (SSSR count). The van der Waals surface area contributed by atoms with Crippen LogP contribution in [0.1, 0.15) is 46.0 Å². The van der Waals surface area contributed by atoms with Crippen molar-refractivity contribution in [2.45, 2.75) is 56.9 Å². The smallest absolute Gasteiger partial charge is 0.136 e. The average Bonchev–Trinajstić information content (AvgIpc) is 2.53. The number of benzene rings is 1. The van der Waals surface area contributed by atoms with Gasteiger partial charge in [-0.25, -0.2) is 4.39 Å².